The summed E-state index contributed by atoms with van der Waals surface area (Å²) in [5, 5.41) is 6.52. The van der Waals surface area contributed by atoms with Gasteiger partial charge in [-0.05, 0) is 52.0 Å². The highest BCUT2D eigenvalue weighted by Gasteiger charge is 2.16. The van der Waals surface area contributed by atoms with Crippen LogP contribution in [0.25, 0.3) is 0 Å². The van der Waals surface area contributed by atoms with Gasteiger partial charge in [-0.25, -0.2) is 0 Å². The first-order valence-corrected chi connectivity index (χ1v) is 8.28. The van der Waals surface area contributed by atoms with Crippen molar-refractivity contribution in [2.75, 3.05) is 33.9 Å². The molecule has 0 radical (unpaired) electrons. The van der Waals surface area contributed by atoms with Gasteiger partial charge in [-0.15, -0.1) is 0 Å². The maximum absolute atomic E-state index is 5.88. The normalized spacial score (nSPS) is 13.3. The fraction of sp³-hybridized carbons (Fsp3) is 0.611. The largest absolute Gasteiger partial charge is 0.497 e. The van der Waals surface area contributed by atoms with E-state index in [4.69, 9.17) is 14.2 Å². The lowest BCUT2D eigenvalue weighted by Crippen LogP contribution is -2.42. The van der Waals surface area contributed by atoms with Crippen molar-refractivity contribution in [3.05, 3.63) is 24.3 Å². The molecule has 6 heteroatoms. The van der Waals surface area contributed by atoms with Gasteiger partial charge in [0.15, 0.2) is 5.96 Å². The molecule has 1 unspecified atom stereocenters. The zero-order chi connectivity index (χ0) is 18.0. The zero-order valence-corrected chi connectivity index (χ0v) is 15.7. The molecule has 1 aromatic carbocycles. The van der Waals surface area contributed by atoms with E-state index >= 15 is 0 Å². The number of guanidine groups is 1. The van der Waals surface area contributed by atoms with Gasteiger partial charge in [0.25, 0.3) is 0 Å². The van der Waals surface area contributed by atoms with E-state index < -0.39 is 0 Å². The van der Waals surface area contributed by atoms with Gasteiger partial charge in [-0.1, -0.05) is 0 Å². The van der Waals surface area contributed by atoms with Crippen LogP contribution in [-0.4, -0.2) is 51.5 Å². The summed E-state index contributed by atoms with van der Waals surface area (Å²) in [7, 11) is 3.34. The summed E-state index contributed by atoms with van der Waals surface area (Å²) in [6, 6.07) is 7.56. The lowest BCUT2D eigenvalue weighted by molar-refractivity contribution is 0.0310. The van der Waals surface area contributed by atoms with Crippen LogP contribution in [-0.2, 0) is 4.74 Å². The lowest BCUT2D eigenvalue weighted by atomic mass is 10.1. The van der Waals surface area contributed by atoms with Crippen LogP contribution < -0.4 is 20.1 Å². The minimum Gasteiger partial charge on any atom is -0.497 e. The first-order valence-electron chi connectivity index (χ1n) is 8.28. The molecule has 2 N–H and O–H groups in total. The first kappa shape index (κ1) is 20.1. The Labute approximate surface area is 145 Å². The predicted molar refractivity (Wildman–Crippen MR) is 98.2 cm³/mol. The van der Waals surface area contributed by atoms with Crippen molar-refractivity contribution >= 4 is 5.96 Å². The summed E-state index contributed by atoms with van der Waals surface area (Å²) in [5.41, 5.74) is -0.284. The van der Waals surface area contributed by atoms with E-state index in [0.29, 0.717) is 13.1 Å². The number of ether oxygens (including phenoxy) is 3. The minimum absolute atomic E-state index is 0.00214. The van der Waals surface area contributed by atoms with Gasteiger partial charge < -0.3 is 24.8 Å². The Morgan fingerprint density at radius 2 is 1.75 bits per heavy atom. The van der Waals surface area contributed by atoms with Gasteiger partial charge in [-0.2, -0.15) is 0 Å². The maximum Gasteiger partial charge on any atom is 0.191 e. The molecule has 0 aromatic heterocycles. The highest BCUT2D eigenvalue weighted by atomic mass is 16.5. The van der Waals surface area contributed by atoms with E-state index in [0.717, 1.165) is 24.0 Å². The molecule has 0 saturated carbocycles. The quantitative estimate of drug-likeness (QED) is 0.535. The van der Waals surface area contributed by atoms with E-state index in [1.807, 2.05) is 52.0 Å². The predicted octanol–water partition coefficient (Wildman–Crippen LogP) is 2.44. The monoisotopic (exact) mass is 337 g/mol. The van der Waals surface area contributed by atoms with Crippen LogP contribution in [0, 0.1) is 0 Å². The number of hydrogen-bond acceptors (Lipinski definition) is 4. The molecule has 0 aliphatic heterocycles. The van der Waals surface area contributed by atoms with Crippen LogP contribution in [0.5, 0.6) is 11.5 Å². The molecule has 1 aromatic rings. The van der Waals surface area contributed by atoms with Crippen LogP contribution in [0.15, 0.2) is 29.3 Å². The second-order valence-corrected chi connectivity index (χ2v) is 6.14. The summed E-state index contributed by atoms with van der Waals surface area (Å²) >= 11 is 0. The molecule has 24 heavy (non-hydrogen) atoms. The molecule has 136 valence electrons. The highest BCUT2D eigenvalue weighted by Crippen LogP contribution is 2.17. The average molecular weight is 337 g/mol. The van der Waals surface area contributed by atoms with Crippen LogP contribution >= 0.6 is 0 Å². The van der Waals surface area contributed by atoms with Crippen molar-refractivity contribution in [3.8, 4) is 11.5 Å². The Kier molecular flexibility index (Phi) is 8.40. The number of hydrogen-bond donors (Lipinski definition) is 2. The van der Waals surface area contributed by atoms with Gasteiger partial charge in [0.1, 0.15) is 17.6 Å². The second-order valence-electron chi connectivity index (χ2n) is 6.14. The maximum atomic E-state index is 5.88. The van der Waals surface area contributed by atoms with Crippen molar-refractivity contribution in [1.29, 1.82) is 0 Å². The van der Waals surface area contributed by atoms with Crippen molar-refractivity contribution in [1.82, 2.24) is 10.6 Å². The summed E-state index contributed by atoms with van der Waals surface area (Å²) in [6.45, 7) is 10.1. The summed E-state index contributed by atoms with van der Waals surface area (Å²) in [6.07, 6.45) is -0.00214. The molecule has 0 spiro atoms. The molecule has 0 bridgehead atoms. The third-order valence-corrected chi connectivity index (χ3v) is 3.47. The van der Waals surface area contributed by atoms with Crippen molar-refractivity contribution in [2.45, 2.75) is 39.4 Å². The van der Waals surface area contributed by atoms with E-state index in [-0.39, 0.29) is 11.7 Å². The van der Waals surface area contributed by atoms with E-state index in [2.05, 4.69) is 15.6 Å². The number of methoxy groups -OCH3 is 2. The van der Waals surface area contributed by atoms with Gasteiger partial charge in [-0.3, -0.25) is 4.99 Å². The Balaban J connectivity index is 2.51. The van der Waals surface area contributed by atoms with Crippen LogP contribution in [0.3, 0.4) is 0 Å². The van der Waals surface area contributed by atoms with E-state index in [9.17, 15) is 0 Å². The molecule has 0 amide bonds. The SMILES string of the molecule is CCNC(=NCC(C)(C)OC)NCC(C)Oc1ccc(OC)cc1. The Hall–Kier alpha value is -1.95. The standard InChI is InChI=1S/C18H31N3O3/c1-7-19-17(21-13-18(3,4)23-6)20-12-14(2)24-16-10-8-15(22-5)9-11-16/h8-11,14H,7,12-13H2,1-6H3,(H2,19,20,21). The van der Waals surface area contributed by atoms with Gasteiger partial charge in [0.05, 0.1) is 25.8 Å². The van der Waals surface area contributed by atoms with Crippen LogP contribution in [0.2, 0.25) is 0 Å². The van der Waals surface area contributed by atoms with E-state index in [1.54, 1.807) is 14.2 Å². The van der Waals surface area contributed by atoms with Gasteiger partial charge in [0.2, 0.25) is 0 Å². The third kappa shape index (κ3) is 7.55. The molecule has 0 fully saturated rings. The van der Waals surface area contributed by atoms with Gasteiger partial charge >= 0.3 is 0 Å². The Bertz CT molecular complexity index is 501. The molecule has 0 saturated heterocycles. The minimum atomic E-state index is -0.284. The molecule has 1 rings (SSSR count). The second kappa shape index (κ2) is 10.0. The molecule has 6 nitrogen and oxygen atoms in total. The van der Waals surface area contributed by atoms with Gasteiger partial charge in [0, 0.05) is 13.7 Å². The number of rotatable bonds is 9. The summed E-state index contributed by atoms with van der Waals surface area (Å²) < 4.78 is 16.4. The molecular formula is C18H31N3O3. The smallest absolute Gasteiger partial charge is 0.191 e. The number of nitrogens with one attached hydrogen (secondary N) is 2. The lowest BCUT2D eigenvalue weighted by Gasteiger charge is -2.22. The van der Waals surface area contributed by atoms with Crippen LogP contribution in [0.4, 0.5) is 0 Å². The topological polar surface area (TPSA) is 64.1 Å². The zero-order valence-electron chi connectivity index (χ0n) is 15.7. The van der Waals surface area contributed by atoms with Crippen molar-refractivity contribution in [3.63, 3.8) is 0 Å². The average Bonchev–Trinajstić information content (AvgIpc) is 2.58. The molecule has 1 atom stereocenters. The number of nitrogens with zero attached hydrogens (tertiary/aromatic N) is 1. The molecule has 0 heterocycles. The number of aliphatic imine (C=N–C) groups is 1. The molecule has 0 aliphatic carbocycles. The highest BCUT2D eigenvalue weighted by molar-refractivity contribution is 5.79. The van der Waals surface area contributed by atoms with Crippen LogP contribution in [0.1, 0.15) is 27.7 Å². The Morgan fingerprint density at radius 3 is 2.29 bits per heavy atom. The molecule has 0 aliphatic rings. The summed E-state index contributed by atoms with van der Waals surface area (Å²) in [4.78, 5) is 4.55. The summed E-state index contributed by atoms with van der Waals surface area (Å²) in [5.74, 6) is 2.39. The fourth-order valence-electron chi connectivity index (χ4n) is 1.84. The van der Waals surface area contributed by atoms with E-state index in [1.165, 1.54) is 0 Å². The third-order valence-electron chi connectivity index (χ3n) is 3.47. The fourth-order valence-corrected chi connectivity index (χ4v) is 1.84. The van der Waals surface area contributed by atoms with Crippen molar-refractivity contribution in [2.24, 2.45) is 4.99 Å². The Morgan fingerprint density at radius 1 is 1.12 bits per heavy atom. The first-order chi connectivity index (χ1) is 11.4. The number of benzene rings is 1. The molecular weight excluding hydrogens is 306 g/mol. The van der Waals surface area contributed by atoms with Crippen molar-refractivity contribution < 1.29 is 14.2 Å².